The van der Waals surface area contributed by atoms with Gasteiger partial charge < -0.3 is 52.0 Å². The topological polar surface area (TPSA) is 348 Å². The van der Waals surface area contributed by atoms with Crippen LogP contribution in [0.25, 0.3) is 30.6 Å². The molecule has 34 heteroatoms. The van der Waals surface area contributed by atoms with Crippen LogP contribution in [0.5, 0.6) is 11.5 Å². The number of nitrogens with zero attached hydrogens (tertiary/aromatic N) is 12. The number of para-hydroxylation sites is 1. The van der Waals surface area contributed by atoms with Gasteiger partial charge in [-0.05, 0) is 201 Å². The lowest BCUT2D eigenvalue weighted by Crippen LogP contribution is -2.35. The van der Waals surface area contributed by atoms with Crippen LogP contribution in [0.4, 0.5) is 98.8 Å². The number of hydrogen-bond donors (Lipinski definition) is 8. The third-order valence-corrected chi connectivity index (χ3v) is 26.1. The number of rotatable bonds is 21. The molecule has 9 aromatic carbocycles. The summed E-state index contributed by atoms with van der Waals surface area (Å²) < 4.78 is 24.8. The smallest absolute Gasteiger partial charge is 0.332 e. The number of benzene rings is 9. The molecule has 21 rings (SSSR count). The van der Waals surface area contributed by atoms with Gasteiger partial charge in [-0.15, -0.1) is 34.0 Å². The Hall–Kier alpha value is -15.2. The number of piperidine rings is 2. The van der Waals surface area contributed by atoms with E-state index < -0.39 is 24.3 Å². The van der Waals surface area contributed by atoms with Crippen LogP contribution in [0.2, 0.25) is 0 Å². The van der Waals surface area contributed by atoms with Crippen molar-refractivity contribution in [1.82, 2.24) is 44.6 Å². The second kappa shape index (κ2) is 38.4. The summed E-state index contributed by atoms with van der Waals surface area (Å²) in [6.07, 6.45) is 8.40. The number of thiophene rings is 3. The van der Waals surface area contributed by atoms with Crippen molar-refractivity contribution in [3.8, 4) is 11.5 Å². The first-order valence-electron chi connectivity index (χ1n) is 42.6. The normalized spacial score (nSPS) is 14.9. The maximum absolute atomic E-state index is 13.4. The van der Waals surface area contributed by atoms with E-state index >= 15 is 0 Å². The Balaban J connectivity index is 0.000000127. The van der Waals surface area contributed by atoms with Crippen LogP contribution in [-0.4, -0.2) is 151 Å². The van der Waals surface area contributed by atoms with E-state index in [1.54, 1.807) is 121 Å². The number of amides is 11. The molecule has 131 heavy (non-hydrogen) atoms. The van der Waals surface area contributed by atoms with Crippen molar-refractivity contribution in [3.05, 3.63) is 298 Å². The van der Waals surface area contributed by atoms with Gasteiger partial charge in [0, 0.05) is 85.4 Å². The van der Waals surface area contributed by atoms with Crippen molar-refractivity contribution in [1.29, 1.82) is 0 Å². The number of morpholine rings is 1. The van der Waals surface area contributed by atoms with E-state index in [0.717, 1.165) is 83.2 Å². The summed E-state index contributed by atoms with van der Waals surface area (Å²) in [6, 6.07) is 70.2. The van der Waals surface area contributed by atoms with Crippen LogP contribution in [-0.2, 0) is 24.4 Å². The number of anilines is 14. The Labute approximate surface area is 761 Å². The predicted octanol–water partition coefficient (Wildman–Crippen LogP) is 19.9. The molecule has 656 valence electrons. The predicted molar refractivity (Wildman–Crippen MR) is 508 cm³/mol. The number of nitrogens with one attached hydrogen (secondary N) is 8. The standard InChI is InChI=1S/C33H29N7O3S.C32H27FN6O3S.C32H27N7O4S/c41-30(22-7-3-1-4-8-22)36-24-13-15-25(16-14-24)40-29-26-27(38-33(40)43)28(44-32(26)35-20-34-29)31(42)37-23-11-9-21(10-12-23)19-39-17-5-2-6-18-39;33-21-14-16-38(17-15-21)18-20-6-8-22(9-7-20)36-30(40)28-27-26-29(34-19-35-31(26)43-28)39(32(41)37-27)23-10-12-25(13-11-23)42-24-4-2-1-3-5-24;40-29(21-4-2-1-3-5-21)35-23-10-12-24(13-11-23)39-28-25-26(37-32(39)42)27(44-31(25)34-19-33-28)30(41)36-22-8-6-20(7-9-22)18-38-14-16-43-17-15-38/h1,3-4,7-16,20H,2,5-6,17-19H2,(H,36,41)(H,37,42)(H,38,43);1-13,19,21H,14-18H2,(H,36,40)(H,37,41);1-13,19H,14-18H2,(H,35,40)(H,36,41)(H,37,42). The second-order valence-corrected chi connectivity index (χ2v) is 34.6. The fraction of sp³-hybridized carbons (Fsp3) is 0.175. The highest BCUT2D eigenvalue weighted by atomic mass is 32.1. The zero-order valence-corrected chi connectivity index (χ0v) is 72.6. The summed E-state index contributed by atoms with van der Waals surface area (Å²) in [4.78, 5) is 146. The number of urea groups is 3. The summed E-state index contributed by atoms with van der Waals surface area (Å²) in [6.45, 7) is 9.51. The minimum Gasteiger partial charge on any atom is -0.457 e. The largest absolute Gasteiger partial charge is 0.457 e. The van der Waals surface area contributed by atoms with Gasteiger partial charge in [0.05, 0.1) is 63.5 Å². The van der Waals surface area contributed by atoms with E-state index in [0.29, 0.717) is 161 Å². The zero-order valence-electron chi connectivity index (χ0n) is 70.2. The number of halogens is 1. The molecule has 0 atom stereocenters. The van der Waals surface area contributed by atoms with Crippen LogP contribution < -0.4 is 62.0 Å². The van der Waals surface area contributed by atoms with Gasteiger partial charge in [-0.25, -0.2) is 63.4 Å². The number of hydrogen-bond acceptors (Lipinski definition) is 22. The molecule has 0 radical (unpaired) electrons. The lowest BCUT2D eigenvalue weighted by molar-refractivity contribution is 0.0342. The average Bonchev–Trinajstić information content (AvgIpc) is 1.61. The molecule has 3 saturated heterocycles. The van der Waals surface area contributed by atoms with Crippen LogP contribution in [0, 0.1) is 0 Å². The number of carbonyl (C=O) groups excluding carboxylic acids is 8. The molecular formula is C97H83FN20O10S3. The fourth-order valence-corrected chi connectivity index (χ4v) is 19.2. The summed E-state index contributed by atoms with van der Waals surface area (Å²) in [5, 5.41) is 25.0. The lowest BCUT2D eigenvalue weighted by Gasteiger charge is -2.28. The quantitative estimate of drug-likeness (QED) is 0.0331. The highest BCUT2D eigenvalue weighted by Gasteiger charge is 2.38. The van der Waals surface area contributed by atoms with E-state index in [9.17, 15) is 42.7 Å². The van der Waals surface area contributed by atoms with Crippen molar-refractivity contribution in [2.24, 2.45) is 0 Å². The van der Waals surface area contributed by atoms with Gasteiger partial charge in [0.1, 0.15) is 65.8 Å². The molecule has 11 amide bonds. The molecule has 15 aromatic rings. The Morgan fingerprint density at radius 3 is 1.02 bits per heavy atom. The van der Waals surface area contributed by atoms with Gasteiger partial charge >= 0.3 is 18.1 Å². The van der Waals surface area contributed by atoms with Crippen LogP contribution in [0.15, 0.2) is 256 Å². The monoisotopic (exact) mass is 1800 g/mol. The molecule has 6 aliphatic heterocycles. The van der Waals surface area contributed by atoms with Gasteiger partial charge in [-0.1, -0.05) is 97.4 Å². The van der Waals surface area contributed by atoms with Crippen molar-refractivity contribution in [3.63, 3.8) is 0 Å². The Morgan fingerprint density at radius 1 is 0.359 bits per heavy atom. The molecule has 0 saturated carbocycles. The average molecular weight is 1800 g/mol. The molecule has 3 fully saturated rings. The molecule has 0 aliphatic carbocycles. The number of ether oxygens (including phenoxy) is 2. The number of alkyl halides is 1. The molecule has 0 spiro atoms. The van der Waals surface area contributed by atoms with Gasteiger partial charge in [-0.2, -0.15) is 0 Å². The van der Waals surface area contributed by atoms with E-state index in [1.165, 1.54) is 92.5 Å². The third-order valence-electron chi connectivity index (χ3n) is 22.8. The van der Waals surface area contributed by atoms with Crippen molar-refractivity contribution >= 4 is 192 Å². The highest BCUT2D eigenvalue weighted by molar-refractivity contribution is 7.22. The minimum atomic E-state index is -0.699. The van der Waals surface area contributed by atoms with Crippen molar-refractivity contribution in [2.75, 3.05) is 110 Å². The zero-order chi connectivity index (χ0) is 89.4. The summed E-state index contributed by atoms with van der Waals surface area (Å²) in [7, 11) is 0. The van der Waals surface area contributed by atoms with E-state index in [1.807, 2.05) is 115 Å². The van der Waals surface area contributed by atoms with E-state index in [-0.39, 0.29) is 29.5 Å². The van der Waals surface area contributed by atoms with Crippen molar-refractivity contribution < 1.29 is 52.2 Å². The third kappa shape index (κ3) is 19.1. The second-order valence-electron chi connectivity index (χ2n) is 31.6. The Kier molecular flexibility index (Phi) is 25.0. The van der Waals surface area contributed by atoms with E-state index in [2.05, 4.69) is 87.1 Å². The molecule has 12 heterocycles. The lowest BCUT2D eigenvalue weighted by atomic mass is 10.1. The first-order chi connectivity index (χ1) is 64.1. The van der Waals surface area contributed by atoms with Gasteiger partial charge in [0.25, 0.3) is 29.5 Å². The minimum absolute atomic E-state index is 0.228. The number of likely N-dealkylation sites (tertiary alicyclic amines) is 2. The molecular weight excluding hydrogens is 1720 g/mol. The molecule has 30 nitrogen and oxygen atoms in total. The summed E-state index contributed by atoms with van der Waals surface area (Å²) in [5.41, 5.74) is 10.5. The Bertz CT molecular complexity index is 6510. The van der Waals surface area contributed by atoms with Gasteiger partial charge in [0.2, 0.25) is 0 Å². The number of aromatic nitrogens is 6. The number of carbonyl (C=O) groups is 8. The molecule has 6 aromatic heterocycles. The summed E-state index contributed by atoms with van der Waals surface area (Å²) >= 11 is 3.59. The van der Waals surface area contributed by atoms with Crippen molar-refractivity contribution in [2.45, 2.75) is 57.9 Å². The van der Waals surface area contributed by atoms with Crippen LogP contribution >= 0.6 is 34.0 Å². The maximum Gasteiger partial charge on any atom is 0.332 e. The molecule has 0 bridgehead atoms. The van der Waals surface area contributed by atoms with Gasteiger partial charge in [0.15, 0.2) is 17.5 Å². The molecule has 6 aliphatic rings. The Morgan fingerprint density at radius 2 is 0.664 bits per heavy atom. The summed E-state index contributed by atoms with van der Waals surface area (Å²) in [5.74, 6) is 1.01. The first-order valence-corrected chi connectivity index (χ1v) is 45.0. The molecule has 8 N–H and O–H groups in total. The van der Waals surface area contributed by atoms with E-state index in [4.69, 9.17) is 9.47 Å². The highest BCUT2D eigenvalue weighted by Crippen LogP contribution is 2.49. The molecule has 0 unspecified atom stereocenters. The SMILES string of the molecule is O=C(Nc1ccc(CN2CCC(F)CC2)cc1)c1sc2ncnc3c2c1NC(=O)N3c1ccc(Oc2ccccc2)cc1.O=C(Nc1ccc(N2C(=O)Nc3c(C(=O)Nc4ccc(CN5CCCCC5)cc4)sc4ncnc2c34)cc1)c1ccccc1.O=C(Nc1ccc(N2C(=O)Nc3c(C(=O)Nc4ccc(CN5CCOCC5)cc4)sc4ncnc2c34)cc1)c1ccccc1. The fourth-order valence-electron chi connectivity index (χ4n) is 16.2. The van der Waals surface area contributed by atoms with Crippen LogP contribution in [0.1, 0.15) is 98.5 Å². The van der Waals surface area contributed by atoms with Crippen LogP contribution in [0.3, 0.4) is 0 Å². The first kappa shape index (κ1) is 85.3. The maximum atomic E-state index is 13.4. The van der Waals surface area contributed by atoms with Gasteiger partial charge in [-0.3, -0.25) is 38.7 Å².